The maximum Gasteiger partial charge on any atom is 0.349 e. The normalized spacial score (nSPS) is 10.5. The lowest BCUT2D eigenvalue weighted by Gasteiger charge is -2.08. The van der Waals surface area contributed by atoms with Crippen LogP contribution in [0.4, 0.5) is 0 Å². The lowest BCUT2D eigenvalue weighted by atomic mass is 10.1. The van der Waals surface area contributed by atoms with Gasteiger partial charge in [0.25, 0.3) is 0 Å². The van der Waals surface area contributed by atoms with E-state index in [1.165, 1.54) is 5.56 Å². The fourth-order valence-electron chi connectivity index (χ4n) is 2.35. The van der Waals surface area contributed by atoms with Crippen molar-refractivity contribution in [2.75, 3.05) is 6.61 Å². The topological polar surface area (TPSA) is 35.5 Å². The average Bonchev–Trinajstić information content (AvgIpc) is 2.60. The number of hydrogen-bond acceptors (Lipinski definition) is 3. The molecule has 23 heavy (non-hydrogen) atoms. The number of carbonyl (C=O) groups excluding carboxylic acids is 1. The second-order valence-electron chi connectivity index (χ2n) is 5.27. The lowest BCUT2D eigenvalue weighted by molar-refractivity contribution is -0.136. The molecule has 3 aromatic carbocycles. The molecule has 0 fully saturated rings. The van der Waals surface area contributed by atoms with Crippen LogP contribution in [0.15, 0.2) is 66.7 Å². The molecule has 0 saturated heterocycles. The van der Waals surface area contributed by atoms with Gasteiger partial charge in [-0.25, -0.2) is 4.79 Å². The molecule has 0 aromatic heterocycles. The van der Waals surface area contributed by atoms with Crippen LogP contribution in [0, 0.1) is 0 Å². The first kappa shape index (κ1) is 15.1. The summed E-state index contributed by atoms with van der Waals surface area (Å²) in [6.07, 6.45) is 0.958. The van der Waals surface area contributed by atoms with Crippen LogP contribution < -0.4 is 9.47 Å². The summed E-state index contributed by atoms with van der Waals surface area (Å²) in [4.78, 5) is 11.9. The van der Waals surface area contributed by atoms with Crippen molar-refractivity contribution in [1.82, 2.24) is 0 Å². The molecular weight excluding hydrogens is 288 g/mol. The van der Waals surface area contributed by atoms with E-state index in [0.29, 0.717) is 11.5 Å². The summed E-state index contributed by atoms with van der Waals surface area (Å²) in [5.74, 6) is 0.777. The zero-order valence-electron chi connectivity index (χ0n) is 13.0. The van der Waals surface area contributed by atoms with Gasteiger partial charge in [-0.05, 0) is 47.0 Å². The first-order valence-corrected chi connectivity index (χ1v) is 7.66. The summed E-state index contributed by atoms with van der Waals surface area (Å²) in [6, 6.07) is 21.2. The van der Waals surface area contributed by atoms with E-state index in [-0.39, 0.29) is 6.61 Å². The van der Waals surface area contributed by atoms with Crippen molar-refractivity contribution < 1.29 is 14.3 Å². The van der Waals surface area contributed by atoms with Gasteiger partial charge in [0, 0.05) is 0 Å². The Bertz CT molecular complexity index is 806. The highest BCUT2D eigenvalue weighted by Crippen LogP contribution is 2.20. The highest BCUT2D eigenvalue weighted by Gasteiger charge is 2.06. The maximum absolute atomic E-state index is 11.9. The van der Waals surface area contributed by atoms with Gasteiger partial charge in [0.05, 0.1) is 0 Å². The Kier molecular flexibility index (Phi) is 4.57. The molecule has 0 bridgehead atoms. The van der Waals surface area contributed by atoms with E-state index in [0.717, 1.165) is 17.2 Å². The molecular formula is C20H18O3. The number of aryl methyl sites for hydroxylation is 1. The van der Waals surface area contributed by atoms with Gasteiger partial charge in [0.1, 0.15) is 11.5 Å². The summed E-state index contributed by atoms with van der Waals surface area (Å²) in [5.41, 5.74) is 1.21. The van der Waals surface area contributed by atoms with Gasteiger partial charge in [-0.15, -0.1) is 0 Å². The number of benzene rings is 3. The van der Waals surface area contributed by atoms with Gasteiger partial charge in [0.2, 0.25) is 0 Å². The van der Waals surface area contributed by atoms with Crippen LogP contribution >= 0.6 is 0 Å². The molecule has 0 heterocycles. The predicted molar refractivity (Wildman–Crippen MR) is 90.9 cm³/mol. The second kappa shape index (κ2) is 6.97. The van der Waals surface area contributed by atoms with Crippen molar-refractivity contribution >= 4 is 16.7 Å². The Morgan fingerprint density at radius 2 is 1.57 bits per heavy atom. The molecule has 0 amide bonds. The molecule has 0 radical (unpaired) electrons. The molecule has 0 aliphatic carbocycles. The van der Waals surface area contributed by atoms with E-state index in [9.17, 15) is 4.79 Å². The summed E-state index contributed by atoms with van der Waals surface area (Å²) in [5, 5.41) is 2.21. The summed E-state index contributed by atoms with van der Waals surface area (Å²) in [7, 11) is 0. The minimum atomic E-state index is -0.414. The third-order valence-corrected chi connectivity index (χ3v) is 3.64. The number of fused-ring (bicyclic) bond motifs is 1. The van der Waals surface area contributed by atoms with Gasteiger partial charge in [0.15, 0.2) is 6.61 Å². The standard InChI is InChI=1S/C20H18O3/c1-2-15-7-10-18(11-8-15)23-20(21)14-22-19-12-9-16-5-3-4-6-17(16)13-19/h3-13H,2,14H2,1H3. The van der Waals surface area contributed by atoms with Crippen molar-refractivity contribution in [1.29, 1.82) is 0 Å². The number of ether oxygens (including phenoxy) is 2. The number of rotatable bonds is 5. The molecule has 3 heteroatoms. The molecule has 0 unspecified atom stereocenters. The molecule has 3 nitrogen and oxygen atoms in total. The zero-order chi connectivity index (χ0) is 16.1. The molecule has 0 atom stereocenters. The number of hydrogen-bond donors (Lipinski definition) is 0. The molecule has 0 aliphatic rings. The van der Waals surface area contributed by atoms with Crippen LogP contribution in [0.1, 0.15) is 12.5 Å². The molecule has 0 aliphatic heterocycles. The summed E-state index contributed by atoms with van der Waals surface area (Å²) < 4.78 is 10.8. The van der Waals surface area contributed by atoms with Crippen LogP contribution in [0.3, 0.4) is 0 Å². The second-order valence-corrected chi connectivity index (χ2v) is 5.27. The summed E-state index contributed by atoms with van der Waals surface area (Å²) >= 11 is 0. The molecule has 0 N–H and O–H groups in total. The van der Waals surface area contributed by atoms with E-state index >= 15 is 0 Å². The van der Waals surface area contributed by atoms with Crippen LogP contribution in [-0.4, -0.2) is 12.6 Å². The zero-order valence-corrected chi connectivity index (χ0v) is 13.0. The summed E-state index contributed by atoms with van der Waals surface area (Å²) in [6.45, 7) is 1.96. The highest BCUT2D eigenvalue weighted by molar-refractivity contribution is 5.83. The Hall–Kier alpha value is -2.81. The van der Waals surface area contributed by atoms with Crippen molar-refractivity contribution in [3.05, 3.63) is 72.3 Å². The quantitative estimate of drug-likeness (QED) is 0.518. The highest BCUT2D eigenvalue weighted by atomic mass is 16.6. The van der Waals surface area contributed by atoms with Crippen LogP contribution in [-0.2, 0) is 11.2 Å². The van der Waals surface area contributed by atoms with Crippen molar-refractivity contribution in [3.8, 4) is 11.5 Å². The van der Waals surface area contributed by atoms with Gasteiger partial charge in [-0.1, -0.05) is 49.4 Å². The molecule has 0 spiro atoms. The Labute approximate surface area is 135 Å². The third kappa shape index (κ3) is 3.89. The third-order valence-electron chi connectivity index (χ3n) is 3.64. The lowest BCUT2D eigenvalue weighted by Crippen LogP contribution is -2.17. The Balaban J connectivity index is 1.58. The number of esters is 1. The van der Waals surface area contributed by atoms with Gasteiger partial charge in [-0.3, -0.25) is 0 Å². The fraction of sp³-hybridized carbons (Fsp3) is 0.150. The largest absolute Gasteiger partial charge is 0.482 e. The van der Waals surface area contributed by atoms with Gasteiger partial charge >= 0.3 is 5.97 Å². The van der Waals surface area contributed by atoms with Crippen LogP contribution in [0.2, 0.25) is 0 Å². The minimum absolute atomic E-state index is 0.117. The Morgan fingerprint density at radius 1 is 0.870 bits per heavy atom. The molecule has 3 rings (SSSR count). The minimum Gasteiger partial charge on any atom is -0.482 e. The van der Waals surface area contributed by atoms with E-state index in [4.69, 9.17) is 9.47 Å². The molecule has 0 saturated carbocycles. The molecule has 116 valence electrons. The van der Waals surface area contributed by atoms with E-state index < -0.39 is 5.97 Å². The Morgan fingerprint density at radius 3 is 2.30 bits per heavy atom. The maximum atomic E-state index is 11.9. The average molecular weight is 306 g/mol. The van der Waals surface area contributed by atoms with E-state index in [1.54, 1.807) is 12.1 Å². The van der Waals surface area contributed by atoms with Crippen LogP contribution in [0.5, 0.6) is 11.5 Å². The van der Waals surface area contributed by atoms with Gasteiger partial charge < -0.3 is 9.47 Å². The van der Waals surface area contributed by atoms with Crippen molar-refractivity contribution in [2.24, 2.45) is 0 Å². The van der Waals surface area contributed by atoms with Crippen molar-refractivity contribution in [2.45, 2.75) is 13.3 Å². The fourth-order valence-corrected chi connectivity index (χ4v) is 2.35. The van der Waals surface area contributed by atoms with Crippen molar-refractivity contribution in [3.63, 3.8) is 0 Å². The monoisotopic (exact) mass is 306 g/mol. The smallest absolute Gasteiger partial charge is 0.349 e. The van der Waals surface area contributed by atoms with Crippen LogP contribution in [0.25, 0.3) is 10.8 Å². The number of carbonyl (C=O) groups is 1. The van der Waals surface area contributed by atoms with E-state index in [1.807, 2.05) is 54.6 Å². The SMILES string of the molecule is CCc1ccc(OC(=O)COc2ccc3ccccc3c2)cc1. The van der Waals surface area contributed by atoms with E-state index in [2.05, 4.69) is 6.92 Å². The molecule has 3 aromatic rings. The predicted octanol–water partition coefficient (Wildman–Crippen LogP) is 4.39. The first-order valence-electron chi connectivity index (χ1n) is 7.66. The van der Waals surface area contributed by atoms with Gasteiger partial charge in [-0.2, -0.15) is 0 Å². The first-order chi connectivity index (χ1) is 11.2.